The van der Waals surface area contributed by atoms with Crippen LogP contribution in [0.4, 0.5) is 11.4 Å². The van der Waals surface area contributed by atoms with Gasteiger partial charge in [0.15, 0.2) is 11.6 Å². The first-order valence-electron chi connectivity index (χ1n) is 10.9. The summed E-state index contributed by atoms with van der Waals surface area (Å²) in [5.41, 5.74) is 3.55. The fourth-order valence-corrected chi connectivity index (χ4v) is 3.35. The van der Waals surface area contributed by atoms with E-state index < -0.39 is 5.92 Å². The van der Waals surface area contributed by atoms with Crippen LogP contribution in [0.5, 0.6) is 11.5 Å². The Kier molecular flexibility index (Phi) is 9.28. The minimum atomic E-state index is -0.739. The molecule has 0 aromatic heterocycles. The van der Waals surface area contributed by atoms with Crippen LogP contribution in [0.3, 0.4) is 0 Å². The molecule has 0 aliphatic rings. The van der Waals surface area contributed by atoms with Gasteiger partial charge in [-0.05, 0) is 55.0 Å². The molecular formula is C27H34N2O4. The van der Waals surface area contributed by atoms with Crippen LogP contribution in [0, 0.1) is 5.92 Å². The van der Waals surface area contributed by atoms with Gasteiger partial charge in [-0.25, -0.2) is 0 Å². The van der Waals surface area contributed by atoms with Crippen LogP contribution >= 0.6 is 0 Å². The van der Waals surface area contributed by atoms with Crippen molar-refractivity contribution in [2.75, 3.05) is 52.2 Å². The predicted molar refractivity (Wildman–Crippen MR) is 137 cm³/mol. The van der Waals surface area contributed by atoms with Gasteiger partial charge in [-0.3, -0.25) is 9.59 Å². The van der Waals surface area contributed by atoms with Gasteiger partial charge in [-0.15, -0.1) is 0 Å². The molecular weight excluding hydrogens is 416 g/mol. The SMILES string of the molecule is CCC(C(=O)/C=C/c1ccc(N(C)C)cc1OC)C(=O)/C=C/c1ccc(N(C)C)cc1OC. The second kappa shape index (κ2) is 11.9. The standard InChI is InChI=1S/C27H34N2O4/c1-8-23(24(30)15-11-19-9-13-21(28(2)3)17-26(19)32-6)25(31)16-12-20-10-14-22(29(4)5)18-27(20)33-7/h9-18,23H,8H2,1-7H3/b15-11+,16-12+. The first-order valence-corrected chi connectivity index (χ1v) is 10.9. The fraction of sp³-hybridized carbons (Fsp3) is 0.333. The molecule has 0 aliphatic heterocycles. The maximum absolute atomic E-state index is 12.8. The van der Waals surface area contributed by atoms with E-state index in [1.807, 2.05) is 81.3 Å². The zero-order valence-electron chi connectivity index (χ0n) is 20.6. The van der Waals surface area contributed by atoms with E-state index in [0.717, 1.165) is 22.5 Å². The summed E-state index contributed by atoms with van der Waals surface area (Å²) in [4.78, 5) is 29.5. The van der Waals surface area contributed by atoms with E-state index in [1.54, 1.807) is 26.4 Å². The highest BCUT2D eigenvalue weighted by molar-refractivity contribution is 6.13. The molecule has 0 unspecified atom stereocenters. The zero-order valence-corrected chi connectivity index (χ0v) is 20.6. The molecule has 0 saturated carbocycles. The van der Waals surface area contributed by atoms with Crippen LogP contribution in [0.25, 0.3) is 12.2 Å². The molecule has 0 atom stereocenters. The van der Waals surface area contributed by atoms with E-state index >= 15 is 0 Å². The summed E-state index contributed by atoms with van der Waals surface area (Å²) < 4.78 is 10.9. The number of nitrogens with zero attached hydrogens (tertiary/aromatic N) is 2. The quantitative estimate of drug-likeness (QED) is 0.364. The van der Waals surface area contributed by atoms with Gasteiger partial charge in [0.25, 0.3) is 0 Å². The second-order valence-electron chi connectivity index (χ2n) is 8.07. The third-order valence-electron chi connectivity index (χ3n) is 5.42. The number of benzene rings is 2. The van der Waals surface area contributed by atoms with E-state index in [4.69, 9.17) is 9.47 Å². The normalized spacial score (nSPS) is 11.3. The van der Waals surface area contributed by atoms with Crippen molar-refractivity contribution in [3.05, 3.63) is 59.7 Å². The topological polar surface area (TPSA) is 59.1 Å². The third kappa shape index (κ3) is 6.72. The van der Waals surface area contributed by atoms with Crippen molar-refractivity contribution in [3.8, 4) is 11.5 Å². The molecule has 0 saturated heterocycles. The van der Waals surface area contributed by atoms with E-state index in [2.05, 4.69) is 0 Å². The lowest BCUT2D eigenvalue weighted by Gasteiger charge is -2.15. The van der Waals surface area contributed by atoms with Crippen molar-refractivity contribution in [3.63, 3.8) is 0 Å². The molecule has 33 heavy (non-hydrogen) atoms. The Morgan fingerprint density at radius 3 is 1.48 bits per heavy atom. The van der Waals surface area contributed by atoms with Gasteiger partial charge in [0.05, 0.1) is 20.1 Å². The van der Waals surface area contributed by atoms with Gasteiger partial charge in [0.2, 0.25) is 0 Å². The monoisotopic (exact) mass is 450 g/mol. The zero-order chi connectivity index (χ0) is 24.5. The first-order chi connectivity index (χ1) is 15.7. The van der Waals surface area contributed by atoms with Crippen LogP contribution in [0.1, 0.15) is 24.5 Å². The molecule has 0 fully saturated rings. The molecule has 2 aromatic carbocycles. The Morgan fingerprint density at radius 2 is 1.18 bits per heavy atom. The van der Waals surface area contributed by atoms with Gasteiger partial charge in [0, 0.05) is 62.8 Å². The Bertz CT molecular complexity index is 957. The van der Waals surface area contributed by atoms with Crippen LogP contribution < -0.4 is 19.3 Å². The summed E-state index contributed by atoms with van der Waals surface area (Å²) in [6, 6.07) is 11.5. The molecule has 176 valence electrons. The average molecular weight is 451 g/mol. The molecule has 0 heterocycles. The Balaban J connectivity index is 2.18. The van der Waals surface area contributed by atoms with Crippen molar-refractivity contribution in [1.29, 1.82) is 0 Å². The highest BCUT2D eigenvalue weighted by Gasteiger charge is 2.21. The lowest BCUT2D eigenvalue weighted by atomic mass is 9.94. The number of hydrogen-bond acceptors (Lipinski definition) is 6. The largest absolute Gasteiger partial charge is 0.496 e. The number of carbonyl (C=O) groups is 2. The minimum Gasteiger partial charge on any atom is -0.496 e. The van der Waals surface area contributed by atoms with Crippen LogP contribution in [-0.2, 0) is 9.59 Å². The van der Waals surface area contributed by atoms with E-state index in [0.29, 0.717) is 17.9 Å². The molecule has 0 bridgehead atoms. The molecule has 0 spiro atoms. The maximum Gasteiger partial charge on any atom is 0.166 e. The van der Waals surface area contributed by atoms with E-state index in [9.17, 15) is 9.59 Å². The van der Waals surface area contributed by atoms with Gasteiger partial charge in [-0.1, -0.05) is 6.92 Å². The Labute approximate surface area is 197 Å². The first kappa shape index (κ1) is 25.7. The third-order valence-corrected chi connectivity index (χ3v) is 5.42. The second-order valence-corrected chi connectivity index (χ2v) is 8.07. The number of ketones is 2. The summed E-state index contributed by atoms with van der Waals surface area (Å²) in [7, 11) is 11.0. The number of rotatable bonds is 11. The van der Waals surface area contributed by atoms with Crippen molar-refractivity contribution < 1.29 is 19.1 Å². The molecule has 0 N–H and O–H groups in total. The summed E-state index contributed by atoms with van der Waals surface area (Å²) in [6.45, 7) is 1.83. The lowest BCUT2D eigenvalue weighted by Crippen LogP contribution is -2.20. The Morgan fingerprint density at radius 1 is 0.788 bits per heavy atom. The van der Waals surface area contributed by atoms with Gasteiger partial charge in [0.1, 0.15) is 11.5 Å². The van der Waals surface area contributed by atoms with Crippen molar-refractivity contribution in [1.82, 2.24) is 0 Å². The van der Waals surface area contributed by atoms with E-state index in [-0.39, 0.29) is 11.6 Å². The highest BCUT2D eigenvalue weighted by atomic mass is 16.5. The lowest BCUT2D eigenvalue weighted by molar-refractivity contribution is -0.127. The van der Waals surface area contributed by atoms with Crippen molar-refractivity contribution in [2.45, 2.75) is 13.3 Å². The van der Waals surface area contributed by atoms with E-state index in [1.165, 1.54) is 12.2 Å². The molecule has 2 aromatic rings. The molecule has 2 rings (SSSR count). The van der Waals surface area contributed by atoms with Crippen LogP contribution in [0.2, 0.25) is 0 Å². The number of hydrogen-bond donors (Lipinski definition) is 0. The average Bonchev–Trinajstić information content (AvgIpc) is 2.81. The fourth-order valence-electron chi connectivity index (χ4n) is 3.35. The number of ether oxygens (including phenoxy) is 2. The van der Waals surface area contributed by atoms with Crippen molar-refractivity contribution >= 4 is 35.1 Å². The van der Waals surface area contributed by atoms with Gasteiger partial charge < -0.3 is 19.3 Å². The summed E-state index contributed by atoms with van der Waals surface area (Å²) >= 11 is 0. The smallest absolute Gasteiger partial charge is 0.166 e. The number of methoxy groups -OCH3 is 2. The number of anilines is 2. The van der Waals surface area contributed by atoms with Crippen LogP contribution in [-0.4, -0.2) is 54.0 Å². The minimum absolute atomic E-state index is 0.235. The van der Waals surface area contributed by atoms with Gasteiger partial charge in [-0.2, -0.15) is 0 Å². The summed E-state index contributed by atoms with van der Waals surface area (Å²) in [6.07, 6.45) is 6.73. The van der Waals surface area contributed by atoms with Gasteiger partial charge >= 0.3 is 0 Å². The van der Waals surface area contributed by atoms with Crippen LogP contribution in [0.15, 0.2) is 48.6 Å². The molecule has 0 aliphatic carbocycles. The maximum atomic E-state index is 12.8. The molecule has 0 amide bonds. The summed E-state index contributed by atoms with van der Waals surface area (Å²) in [5.74, 6) is 0.119. The number of allylic oxidation sites excluding steroid dienone is 2. The summed E-state index contributed by atoms with van der Waals surface area (Å²) in [5, 5.41) is 0. The molecule has 0 radical (unpaired) electrons. The predicted octanol–water partition coefficient (Wildman–Crippen LogP) is 4.73. The molecule has 6 heteroatoms. The van der Waals surface area contributed by atoms with Crippen molar-refractivity contribution in [2.24, 2.45) is 5.92 Å². The highest BCUT2D eigenvalue weighted by Crippen LogP contribution is 2.27. The Hall–Kier alpha value is -3.54. The molecule has 6 nitrogen and oxygen atoms in total. The number of carbonyl (C=O) groups excluding carboxylic acids is 2.